The first-order valence-corrected chi connectivity index (χ1v) is 6.71. The Morgan fingerprint density at radius 1 is 1.35 bits per heavy atom. The van der Waals surface area contributed by atoms with Crippen molar-refractivity contribution < 1.29 is 14.3 Å². The van der Waals surface area contributed by atoms with Gasteiger partial charge >= 0.3 is 0 Å². The molecule has 1 amide bonds. The zero-order valence-corrected chi connectivity index (χ0v) is 12.5. The Morgan fingerprint density at radius 2 is 2.05 bits per heavy atom. The van der Waals surface area contributed by atoms with Crippen LogP contribution in [0.25, 0.3) is 0 Å². The van der Waals surface area contributed by atoms with Gasteiger partial charge < -0.3 is 20.1 Å². The molecule has 0 heterocycles. The van der Waals surface area contributed by atoms with Crippen LogP contribution in [0.1, 0.15) is 18.4 Å². The molecule has 5 nitrogen and oxygen atoms in total. The van der Waals surface area contributed by atoms with Gasteiger partial charge in [0.15, 0.2) is 0 Å². The van der Waals surface area contributed by atoms with Crippen LogP contribution in [0.3, 0.4) is 0 Å². The summed E-state index contributed by atoms with van der Waals surface area (Å²) in [5.74, 6) is 0.715. The van der Waals surface area contributed by atoms with E-state index in [-0.39, 0.29) is 5.91 Å². The summed E-state index contributed by atoms with van der Waals surface area (Å²) in [6, 6.07) is 7.17. The minimum Gasteiger partial charge on any atom is -0.496 e. The van der Waals surface area contributed by atoms with E-state index < -0.39 is 6.04 Å². The molecule has 1 rings (SSSR count). The second kappa shape index (κ2) is 8.55. The summed E-state index contributed by atoms with van der Waals surface area (Å²) in [6.07, 6.45) is 1.41. The second-order valence-corrected chi connectivity index (χ2v) is 4.75. The molecule has 0 aliphatic rings. The summed E-state index contributed by atoms with van der Waals surface area (Å²) in [5.41, 5.74) is 6.87. The van der Waals surface area contributed by atoms with Gasteiger partial charge in [-0.25, -0.2) is 0 Å². The van der Waals surface area contributed by atoms with E-state index in [1.54, 1.807) is 26.2 Å². The quantitative estimate of drug-likeness (QED) is 0.731. The number of amides is 1. The van der Waals surface area contributed by atoms with Crippen LogP contribution in [0.4, 0.5) is 0 Å². The van der Waals surface area contributed by atoms with Crippen molar-refractivity contribution in [2.24, 2.45) is 5.73 Å². The summed E-state index contributed by atoms with van der Waals surface area (Å²) in [4.78, 5) is 13.8. The van der Waals surface area contributed by atoms with E-state index in [2.05, 4.69) is 0 Å². The number of likely N-dealkylation sites (N-methyl/N-ethyl adjacent to an activating group) is 1. The van der Waals surface area contributed by atoms with E-state index in [1.165, 1.54) is 0 Å². The zero-order chi connectivity index (χ0) is 15.0. The van der Waals surface area contributed by atoms with Crippen molar-refractivity contribution in [1.82, 2.24) is 4.90 Å². The molecule has 1 aromatic carbocycles. The van der Waals surface area contributed by atoms with Crippen LogP contribution in [0.5, 0.6) is 5.75 Å². The smallest absolute Gasteiger partial charge is 0.239 e. The Kier molecular flexibility index (Phi) is 7.04. The first-order valence-electron chi connectivity index (χ1n) is 6.71. The van der Waals surface area contributed by atoms with E-state index in [0.29, 0.717) is 19.6 Å². The summed E-state index contributed by atoms with van der Waals surface area (Å²) < 4.78 is 10.2. The number of nitrogens with zero attached hydrogens (tertiary/aromatic N) is 1. The second-order valence-electron chi connectivity index (χ2n) is 4.75. The van der Waals surface area contributed by atoms with E-state index in [1.807, 2.05) is 24.3 Å². The molecule has 0 bridgehead atoms. The molecule has 112 valence electrons. The Balaban J connectivity index is 2.56. The molecular weight excluding hydrogens is 256 g/mol. The van der Waals surface area contributed by atoms with Crippen LogP contribution in [0.15, 0.2) is 24.3 Å². The average Bonchev–Trinajstić information content (AvgIpc) is 2.47. The minimum atomic E-state index is -0.482. The fourth-order valence-electron chi connectivity index (χ4n) is 2.02. The highest BCUT2D eigenvalue weighted by Crippen LogP contribution is 2.19. The topological polar surface area (TPSA) is 64.8 Å². The van der Waals surface area contributed by atoms with Gasteiger partial charge in [0.2, 0.25) is 5.91 Å². The molecule has 0 spiro atoms. The lowest BCUT2D eigenvalue weighted by Crippen LogP contribution is -2.41. The summed E-state index contributed by atoms with van der Waals surface area (Å²) in [6.45, 7) is 1.11. The fourth-order valence-corrected chi connectivity index (χ4v) is 2.02. The maximum Gasteiger partial charge on any atom is 0.239 e. The standard InChI is InChI=1S/C15H24N2O3/c1-17(15(18)13(16)8-6-10-19-2)11-12-7-4-5-9-14(12)20-3/h4-5,7,9,13H,6,8,10-11,16H2,1-3H3. The third-order valence-corrected chi connectivity index (χ3v) is 3.16. The number of nitrogens with two attached hydrogens (primary N) is 1. The van der Waals surface area contributed by atoms with Crippen molar-refractivity contribution in [3.63, 3.8) is 0 Å². The molecule has 1 unspecified atom stereocenters. The molecule has 0 fully saturated rings. The molecular formula is C15H24N2O3. The number of methoxy groups -OCH3 is 2. The Labute approximate surface area is 120 Å². The van der Waals surface area contributed by atoms with Gasteiger partial charge in [-0.2, -0.15) is 0 Å². The third kappa shape index (κ3) is 4.83. The Bertz CT molecular complexity index is 423. The fraction of sp³-hybridized carbons (Fsp3) is 0.533. The van der Waals surface area contributed by atoms with Crippen molar-refractivity contribution in [3.05, 3.63) is 29.8 Å². The number of hydrogen-bond donors (Lipinski definition) is 1. The van der Waals surface area contributed by atoms with Crippen LogP contribution in [0, 0.1) is 0 Å². The molecule has 2 N–H and O–H groups in total. The van der Waals surface area contributed by atoms with Crippen LogP contribution in [0.2, 0.25) is 0 Å². The number of hydrogen-bond acceptors (Lipinski definition) is 4. The predicted molar refractivity (Wildman–Crippen MR) is 78.6 cm³/mol. The van der Waals surface area contributed by atoms with E-state index in [9.17, 15) is 4.79 Å². The molecule has 5 heteroatoms. The van der Waals surface area contributed by atoms with Gasteiger partial charge in [-0.1, -0.05) is 18.2 Å². The number of benzene rings is 1. The first kappa shape index (κ1) is 16.5. The van der Waals surface area contributed by atoms with Crippen molar-refractivity contribution in [3.8, 4) is 5.75 Å². The predicted octanol–water partition coefficient (Wildman–Crippen LogP) is 1.41. The van der Waals surface area contributed by atoms with Gasteiger partial charge in [0, 0.05) is 32.9 Å². The maximum absolute atomic E-state index is 12.2. The normalized spacial score (nSPS) is 12.0. The van der Waals surface area contributed by atoms with Gasteiger partial charge in [0.25, 0.3) is 0 Å². The monoisotopic (exact) mass is 280 g/mol. The van der Waals surface area contributed by atoms with E-state index >= 15 is 0 Å². The highest BCUT2D eigenvalue weighted by Gasteiger charge is 2.18. The SMILES string of the molecule is COCCCC(N)C(=O)N(C)Cc1ccccc1OC. The van der Waals surface area contributed by atoms with Crippen molar-refractivity contribution in [1.29, 1.82) is 0 Å². The first-order chi connectivity index (χ1) is 9.60. The van der Waals surface area contributed by atoms with Crippen LogP contribution < -0.4 is 10.5 Å². The van der Waals surface area contributed by atoms with Crippen LogP contribution >= 0.6 is 0 Å². The van der Waals surface area contributed by atoms with Gasteiger partial charge in [-0.05, 0) is 18.9 Å². The average molecular weight is 280 g/mol. The molecule has 0 saturated heterocycles. The molecule has 20 heavy (non-hydrogen) atoms. The van der Waals surface area contributed by atoms with Crippen molar-refractivity contribution in [2.45, 2.75) is 25.4 Å². The lowest BCUT2D eigenvalue weighted by molar-refractivity contribution is -0.132. The highest BCUT2D eigenvalue weighted by molar-refractivity contribution is 5.81. The molecule has 0 saturated carbocycles. The summed E-state index contributed by atoms with van der Waals surface area (Å²) >= 11 is 0. The van der Waals surface area contributed by atoms with Crippen molar-refractivity contribution >= 4 is 5.91 Å². The molecule has 1 aromatic rings. The summed E-state index contributed by atoms with van der Waals surface area (Å²) in [7, 11) is 5.02. The number of carbonyl (C=O) groups excluding carboxylic acids is 1. The van der Waals surface area contributed by atoms with Gasteiger partial charge in [0.05, 0.1) is 13.2 Å². The third-order valence-electron chi connectivity index (χ3n) is 3.16. The number of para-hydroxylation sites is 1. The maximum atomic E-state index is 12.2. The lowest BCUT2D eigenvalue weighted by atomic mass is 10.1. The van der Waals surface area contributed by atoms with Crippen LogP contribution in [-0.4, -0.2) is 44.7 Å². The minimum absolute atomic E-state index is 0.0630. The summed E-state index contributed by atoms with van der Waals surface area (Å²) in [5, 5.41) is 0. The molecule has 1 atom stereocenters. The largest absolute Gasteiger partial charge is 0.496 e. The Hall–Kier alpha value is -1.59. The molecule has 0 aromatic heterocycles. The van der Waals surface area contributed by atoms with Gasteiger partial charge in [0.1, 0.15) is 5.75 Å². The van der Waals surface area contributed by atoms with E-state index in [4.69, 9.17) is 15.2 Å². The van der Waals surface area contributed by atoms with Gasteiger partial charge in [-0.3, -0.25) is 4.79 Å². The molecule has 0 radical (unpaired) electrons. The van der Waals surface area contributed by atoms with E-state index in [0.717, 1.165) is 17.7 Å². The number of rotatable bonds is 8. The zero-order valence-electron chi connectivity index (χ0n) is 12.5. The highest BCUT2D eigenvalue weighted by atomic mass is 16.5. The van der Waals surface area contributed by atoms with Crippen molar-refractivity contribution in [2.75, 3.05) is 27.9 Å². The Morgan fingerprint density at radius 3 is 2.70 bits per heavy atom. The molecule has 0 aliphatic heterocycles. The number of carbonyl (C=O) groups is 1. The van der Waals surface area contributed by atoms with Crippen LogP contribution in [-0.2, 0) is 16.1 Å². The number of ether oxygens (including phenoxy) is 2. The van der Waals surface area contributed by atoms with Gasteiger partial charge in [-0.15, -0.1) is 0 Å². The lowest BCUT2D eigenvalue weighted by Gasteiger charge is -2.22. The molecule has 0 aliphatic carbocycles.